The van der Waals surface area contributed by atoms with Crippen LogP contribution in [0.2, 0.25) is 0 Å². The smallest absolute Gasteiger partial charge is 0.154 e. The zero-order valence-corrected chi connectivity index (χ0v) is 9.57. The van der Waals surface area contributed by atoms with Crippen LogP contribution >= 0.6 is 0 Å². The van der Waals surface area contributed by atoms with Crippen molar-refractivity contribution < 1.29 is 8.42 Å². The molecule has 0 saturated carbocycles. The summed E-state index contributed by atoms with van der Waals surface area (Å²) in [6.45, 7) is 1.27. The van der Waals surface area contributed by atoms with Crippen molar-refractivity contribution in [2.45, 2.75) is 6.04 Å². The first-order chi connectivity index (χ1) is 7.66. The van der Waals surface area contributed by atoms with E-state index in [4.69, 9.17) is 0 Å². The van der Waals surface area contributed by atoms with E-state index in [1.165, 1.54) is 0 Å². The minimum atomic E-state index is -2.85. The molecule has 5 nitrogen and oxygen atoms in total. The molecular formula is C10H13N3O2S. The molecule has 0 aromatic carbocycles. The summed E-state index contributed by atoms with van der Waals surface area (Å²) in [5.74, 6) is 0.507. The highest BCUT2D eigenvalue weighted by Crippen LogP contribution is 2.32. The van der Waals surface area contributed by atoms with Gasteiger partial charge in [0.05, 0.1) is 35.1 Å². The van der Waals surface area contributed by atoms with E-state index in [2.05, 4.69) is 15.2 Å². The second-order valence-corrected chi connectivity index (χ2v) is 6.46. The van der Waals surface area contributed by atoms with Crippen molar-refractivity contribution in [1.29, 1.82) is 0 Å². The lowest BCUT2D eigenvalue weighted by atomic mass is 10.1. The first-order valence-electron chi connectivity index (χ1n) is 5.31. The average molecular weight is 239 g/mol. The van der Waals surface area contributed by atoms with Crippen molar-refractivity contribution in [3.8, 4) is 0 Å². The second kappa shape index (κ2) is 3.35. The van der Waals surface area contributed by atoms with E-state index in [-0.39, 0.29) is 17.5 Å². The summed E-state index contributed by atoms with van der Waals surface area (Å²) in [4.78, 5) is 6.23. The SMILES string of the molecule is O=S1(=O)CCN2c3ccncc3NCC2C1. The molecule has 3 rings (SSSR count). The Morgan fingerprint density at radius 2 is 2.38 bits per heavy atom. The maximum Gasteiger partial charge on any atom is 0.154 e. The van der Waals surface area contributed by atoms with Crippen molar-refractivity contribution in [2.75, 3.05) is 34.8 Å². The Balaban J connectivity index is 1.98. The molecule has 0 amide bonds. The number of pyridine rings is 1. The molecule has 1 saturated heterocycles. The molecule has 0 aliphatic carbocycles. The Morgan fingerprint density at radius 3 is 3.25 bits per heavy atom. The summed E-state index contributed by atoms with van der Waals surface area (Å²) < 4.78 is 23.1. The van der Waals surface area contributed by atoms with Gasteiger partial charge in [-0.2, -0.15) is 0 Å². The van der Waals surface area contributed by atoms with Gasteiger partial charge in [-0.05, 0) is 6.07 Å². The Hall–Kier alpha value is -1.30. The Kier molecular flexibility index (Phi) is 2.07. The molecule has 86 valence electrons. The monoisotopic (exact) mass is 239 g/mol. The molecule has 2 aliphatic heterocycles. The number of nitrogens with one attached hydrogen (secondary N) is 1. The van der Waals surface area contributed by atoms with Crippen molar-refractivity contribution in [3.63, 3.8) is 0 Å². The van der Waals surface area contributed by atoms with Crippen LogP contribution in [0.1, 0.15) is 0 Å². The van der Waals surface area contributed by atoms with Crippen LogP contribution in [0.25, 0.3) is 0 Å². The zero-order chi connectivity index (χ0) is 11.2. The van der Waals surface area contributed by atoms with Gasteiger partial charge in [0.2, 0.25) is 0 Å². The fourth-order valence-corrected chi connectivity index (χ4v) is 3.90. The summed E-state index contributed by atoms with van der Waals surface area (Å²) in [6, 6.07) is 2.00. The van der Waals surface area contributed by atoms with Crippen LogP contribution in [0.5, 0.6) is 0 Å². The molecule has 2 aliphatic rings. The normalized spacial score (nSPS) is 26.5. The Bertz CT molecular complexity index is 515. The molecule has 6 heteroatoms. The molecule has 1 aromatic heterocycles. The number of rotatable bonds is 0. The standard InChI is InChI=1S/C10H13N3O2S/c14-16(15)4-3-13-8(7-16)5-12-9-6-11-2-1-10(9)13/h1-2,6,8,12H,3-5,7H2. The summed E-state index contributed by atoms with van der Waals surface area (Å²) >= 11 is 0. The van der Waals surface area contributed by atoms with Crippen LogP contribution in [0.15, 0.2) is 18.5 Å². The van der Waals surface area contributed by atoms with E-state index < -0.39 is 9.84 Å². The minimum absolute atomic E-state index is 0.0636. The molecule has 16 heavy (non-hydrogen) atoms. The quantitative estimate of drug-likeness (QED) is 0.696. The van der Waals surface area contributed by atoms with Crippen LogP contribution < -0.4 is 10.2 Å². The largest absolute Gasteiger partial charge is 0.380 e. The predicted molar refractivity (Wildman–Crippen MR) is 62.5 cm³/mol. The number of aromatic nitrogens is 1. The molecule has 1 N–H and O–H groups in total. The lowest BCUT2D eigenvalue weighted by Crippen LogP contribution is -2.54. The van der Waals surface area contributed by atoms with Crippen LogP contribution in [-0.2, 0) is 9.84 Å². The van der Waals surface area contributed by atoms with E-state index in [0.29, 0.717) is 13.1 Å². The average Bonchev–Trinajstić information content (AvgIpc) is 2.27. The summed E-state index contributed by atoms with van der Waals surface area (Å²) in [7, 11) is -2.85. The highest BCUT2D eigenvalue weighted by Gasteiger charge is 2.34. The van der Waals surface area contributed by atoms with Gasteiger partial charge in [0.25, 0.3) is 0 Å². The maximum atomic E-state index is 11.6. The Labute approximate surface area is 94.4 Å². The van der Waals surface area contributed by atoms with Crippen molar-refractivity contribution in [1.82, 2.24) is 4.98 Å². The number of hydrogen-bond acceptors (Lipinski definition) is 5. The molecule has 1 aromatic rings. The molecule has 0 bridgehead atoms. The maximum absolute atomic E-state index is 11.6. The highest BCUT2D eigenvalue weighted by atomic mass is 32.2. The third-order valence-corrected chi connectivity index (χ3v) is 4.86. The third-order valence-electron chi connectivity index (χ3n) is 3.17. The van der Waals surface area contributed by atoms with E-state index in [1.807, 2.05) is 6.07 Å². The van der Waals surface area contributed by atoms with Gasteiger partial charge in [0.15, 0.2) is 9.84 Å². The first-order valence-corrected chi connectivity index (χ1v) is 7.13. The molecule has 1 fully saturated rings. The molecule has 1 unspecified atom stereocenters. The highest BCUT2D eigenvalue weighted by molar-refractivity contribution is 7.91. The van der Waals surface area contributed by atoms with Gasteiger partial charge in [-0.15, -0.1) is 0 Å². The van der Waals surface area contributed by atoms with E-state index >= 15 is 0 Å². The van der Waals surface area contributed by atoms with Gasteiger partial charge < -0.3 is 10.2 Å². The van der Waals surface area contributed by atoms with E-state index in [0.717, 1.165) is 11.4 Å². The molecule has 0 radical (unpaired) electrons. The van der Waals surface area contributed by atoms with Crippen molar-refractivity contribution in [3.05, 3.63) is 18.5 Å². The number of hydrogen-bond donors (Lipinski definition) is 1. The summed E-state index contributed by atoms with van der Waals surface area (Å²) in [6.07, 6.45) is 3.53. The van der Waals surface area contributed by atoms with Gasteiger partial charge in [0, 0.05) is 19.3 Å². The fourth-order valence-electron chi connectivity index (χ4n) is 2.37. The fraction of sp³-hybridized carbons (Fsp3) is 0.500. The number of sulfone groups is 1. The van der Waals surface area contributed by atoms with Gasteiger partial charge in [-0.25, -0.2) is 8.42 Å². The second-order valence-electron chi connectivity index (χ2n) is 4.24. The minimum Gasteiger partial charge on any atom is -0.380 e. The summed E-state index contributed by atoms with van der Waals surface area (Å²) in [5.41, 5.74) is 2.07. The molecule has 3 heterocycles. The predicted octanol–water partition coefficient (Wildman–Crippen LogP) is 0.110. The van der Waals surface area contributed by atoms with E-state index in [1.54, 1.807) is 12.4 Å². The first kappa shape index (κ1) is 9.89. The number of nitrogens with zero attached hydrogens (tertiary/aromatic N) is 2. The summed E-state index contributed by atoms with van der Waals surface area (Å²) in [5, 5.41) is 3.23. The third kappa shape index (κ3) is 1.53. The zero-order valence-electron chi connectivity index (χ0n) is 8.76. The number of anilines is 2. The lowest BCUT2D eigenvalue weighted by molar-refractivity contribution is 0.559. The van der Waals surface area contributed by atoms with Crippen LogP contribution in [0.4, 0.5) is 11.4 Å². The topological polar surface area (TPSA) is 62.3 Å². The van der Waals surface area contributed by atoms with Gasteiger partial charge in [-0.1, -0.05) is 0 Å². The molecule has 0 spiro atoms. The van der Waals surface area contributed by atoms with E-state index in [9.17, 15) is 8.42 Å². The van der Waals surface area contributed by atoms with Crippen molar-refractivity contribution >= 4 is 21.2 Å². The van der Waals surface area contributed by atoms with Crippen LogP contribution in [0, 0.1) is 0 Å². The van der Waals surface area contributed by atoms with Gasteiger partial charge in [-0.3, -0.25) is 4.98 Å². The Morgan fingerprint density at radius 1 is 1.50 bits per heavy atom. The van der Waals surface area contributed by atoms with Crippen LogP contribution in [-0.4, -0.2) is 44.0 Å². The van der Waals surface area contributed by atoms with Gasteiger partial charge in [0.1, 0.15) is 0 Å². The number of fused-ring (bicyclic) bond motifs is 3. The molecule has 1 atom stereocenters. The van der Waals surface area contributed by atoms with Crippen LogP contribution in [0.3, 0.4) is 0 Å². The lowest BCUT2D eigenvalue weighted by Gasteiger charge is -2.41. The van der Waals surface area contributed by atoms with Gasteiger partial charge >= 0.3 is 0 Å². The van der Waals surface area contributed by atoms with Crippen molar-refractivity contribution in [2.24, 2.45) is 0 Å². The molecular weight excluding hydrogens is 226 g/mol.